The number of carbonyl (C=O) groups excluding carboxylic acids is 3. The highest BCUT2D eigenvalue weighted by Gasteiger charge is 2.40. The van der Waals surface area contributed by atoms with Gasteiger partial charge in [-0.15, -0.1) is 0 Å². The fourth-order valence-corrected chi connectivity index (χ4v) is 4.57. The molecular weight excluding hydrogens is 445 g/mol. The maximum absolute atomic E-state index is 13.7. The van der Waals surface area contributed by atoms with Gasteiger partial charge in [0.2, 0.25) is 17.7 Å². The molecule has 174 valence electrons. The molecule has 0 saturated carbocycles. The lowest BCUT2D eigenvalue weighted by atomic mass is 9.94. The Morgan fingerprint density at radius 1 is 1.06 bits per heavy atom. The third kappa shape index (κ3) is 5.19. The lowest BCUT2D eigenvalue weighted by molar-refractivity contribution is -0.142. The number of hydrogen-bond acceptors (Lipinski definition) is 3. The second-order valence-electron chi connectivity index (χ2n) is 8.71. The number of carbonyl (C=O) groups is 3. The Morgan fingerprint density at radius 2 is 1.76 bits per heavy atom. The van der Waals surface area contributed by atoms with Gasteiger partial charge in [-0.1, -0.05) is 23.7 Å². The van der Waals surface area contributed by atoms with Gasteiger partial charge in [0.15, 0.2) is 0 Å². The number of nitrogens with zero attached hydrogens (tertiary/aromatic N) is 2. The predicted octanol–water partition coefficient (Wildman–Crippen LogP) is 3.70. The average Bonchev–Trinajstić information content (AvgIpc) is 3.21. The number of anilines is 1. The number of aryl methyl sites for hydroxylation is 1. The number of hydrogen-bond donors (Lipinski definition) is 1. The van der Waals surface area contributed by atoms with Crippen LogP contribution >= 0.6 is 11.6 Å². The van der Waals surface area contributed by atoms with Crippen LogP contribution in [0.5, 0.6) is 0 Å². The quantitative estimate of drug-likeness (QED) is 0.676. The molecule has 33 heavy (non-hydrogen) atoms. The molecule has 2 aliphatic heterocycles. The summed E-state index contributed by atoms with van der Waals surface area (Å²) >= 11 is 5.92. The third-order valence-corrected chi connectivity index (χ3v) is 6.77. The summed E-state index contributed by atoms with van der Waals surface area (Å²) in [4.78, 5) is 41.8. The molecule has 0 radical (unpaired) electrons. The normalized spacial score (nSPS) is 19.1. The van der Waals surface area contributed by atoms with E-state index in [2.05, 4.69) is 5.32 Å². The first kappa shape index (κ1) is 23.2. The number of likely N-dealkylation sites (tertiary alicyclic amines) is 1. The Balaban J connectivity index is 1.27. The average molecular weight is 472 g/mol. The van der Waals surface area contributed by atoms with Crippen LogP contribution in [0, 0.1) is 24.6 Å². The van der Waals surface area contributed by atoms with Gasteiger partial charge in [-0.3, -0.25) is 14.4 Å². The molecule has 6 nitrogen and oxygen atoms in total. The zero-order valence-electron chi connectivity index (χ0n) is 18.5. The lowest BCUT2D eigenvalue weighted by Crippen LogP contribution is -2.46. The molecule has 0 aliphatic carbocycles. The minimum Gasteiger partial charge on any atom is -0.352 e. The van der Waals surface area contributed by atoms with Crippen molar-refractivity contribution in [1.29, 1.82) is 0 Å². The summed E-state index contributed by atoms with van der Waals surface area (Å²) in [7, 11) is 0. The SMILES string of the molecule is Cc1ccc(CNC(=O)C2CCN(C(=O)C3CCN(c4ccc(Cl)cc4)C3=O)CC2)cc1F. The number of halogens is 2. The summed E-state index contributed by atoms with van der Waals surface area (Å²) < 4.78 is 13.7. The van der Waals surface area contributed by atoms with E-state index >= 15 is 0 Å². The van der Waals surface area contributed by atoms with Gasteiger partial charge in [0, 0.05) is 42.8 Å². The monoisotopic (exact) mass is 471 g/mol. The minimum absolute atomic E-state index is 0.0889. The minimum atomic E-state index is -0.678. The Hall–Kier alpha value is -2.93. The van der Waals surface area contributed by atoms with Gasteiger partial charge >= 0.3 is 0 Å². The van der Waals surface area contributed by atoms with E-state index in [1.54, 1.807) is 53.1 Å². The van der Waals surface area contributed by atoms with Crippen LogP contribution in [0.2, 0.25) is 5.02 Å². The molecule has 2 aromatic rings. The Morgan fingerprint density at radius 3 is 2.42 bits per heavy atom. The first-order chi connectivity index (χ1) is 15.8. The zero-order chi connectivity index (χ0) is 23.5. The third-order valence-electron chi connectivity index (χ3n) is 6.52. The van der Waals surface area contributed by atoms with E-state index in [1.807, 2.05) is 0 Å². The molecule has 0 spiro atoms. The molecule has 2 aliphatic rings. The number of amides is 3. The van der Waals surface area contributed by atoms with E-state index in [4.69, 9.17) is 11.6 Å². The lowest BCUT2D eigenvalue weighted by Gasteiger charge is -2.32. The van der Waals surface area contributed by atoms with Gasteiger partial charge in [0.25, 0.3) is 0 Å². The van der Waals surface area contributed by atoms with E-state index < -0.39 is 5.92 Å². The summed E-state index contributed by atoms with van der Waals surface area (Å²) in [5.74, 6) is -1.60. The molecule has 4 rings (SSSR count). The molecule has 3 amide bonds. The Labute approximate surface area is 197 Å². The van der Waals surface area contributed by atoms with E-state index in [0.717, 1.165) is 5.69 Å². The number of benzene rings is 2. The van der Waals surface area contributed by atoms with Crippen molar-refractivity contribution in [2.45, 2.75) is 32.7 Å². The number of rotatable bonds is 5. The zero-order valence-corrected chi connectivity index (χ0v) is 19.3. The van der Waals surface area contributed by atoms with Crippen molar-refractivity contribution < 1.29 is 18.8 Å². The van der Waals surface area contributed by atoms with Crippen molar-refractivity contribution in [2.75, 3.05) is 24.5 Å². The second-order valence-corrected chi connectivity index (χ2v) is 9.14. The van der Waals surface area contributed by atoms with Gasteiger partial charge in [-0.2, -0.15) is 0 Å². The first-order valence-corrected chi connectivity index (χ1v) is 11.6. The maximum Gasteiger partial charge on any atom is 0.239 e. The Kier molecular flexibility index (Phi) is 6.98. The fraction of sp³-hybridized carbons (Fsp3) is 0.400. The van der Waals surface area contributed by atoms with Crippen molar-refractivity contribution in [3.8, 4) is 0 Å². The van der Waals surface area contributed by atoms with Crippen molar-refractivity contribution in [3.05, 3.63) is 64.4 Å². The smallest absolute Gasteiger partial charge is 0.239 e. The molecule has 1 N–H and O–H groups in total. The van der Waals surface area contributed by atoms with Crippen molar-refractivity contribution in [3.63, 3.8) is 0 Å². The molecule has 2 fully saturated rings. The van der Waals surface area contributed by atoms with E-state index in [9.17, 15) is 18.8 Å². The van der Waals surface area contributed by atoms with Gasteiger partial charge < -0.3 is 15.1 Å². The predicted molar refractivity (Wildman–Crippen MR) is 124 cm³/mol. The van der Waals surface area contributed by atoms with Crippen LogP contribution in [-0.2, 0) is 20.9 Å². The second kappa shape index (κ2) is 9.91. The summed E-state index contributed by atoms with van der Waals surface area (Å²) in [6.07, 6.45) is 1.57. The highest BCUT2D eigenvalue weighted by Crippen LogP contribution is 2.29. The molecule has 8 heteroatoms. The van der Waals surface area contributed by atoms with Crippen LogP contribution in [-0.4, -0.2) is 42.3 Å². The maximum atomic E-state index is 13.7. The molecule has 2 heterocycles. The van der Waals surface area contributed by atoms with Crippen LogP contribution in [0.1, 0.15) is 30.4 Å². The summed E-state index contributed by atoms with van der Waals surface area (Å²) in [6, 6.07) is 11.9. The highest BCUT2D eigenvalue weighted by molar-refractivity contribution is 6.30. The molecule has 1 unspecified atom stereocenters. The molecule has 0 aromatic heterocycles. The van der Waals surface area contributed by atoms with Crippen molar-refractivity contribution in [2.24, 2.45) is 11.8 Å². The van der Waals surface area contributed by atoms with Gasteiger partial charge in [-0.05, 0) is 67.6 Å². The van der Waals surface area contributed by atoms with E-state index in [1.165, 1.54) is 6.07 Å². The standard InChI is InChI=1S/C25H27ClFN3O3/c1-16-2-3-17(14-22(16)27)15-28-23(31)18-8-11-29(12-9-18)24(32)21-10-13-30(25(21)33)20-6-4-19(26)5-7-20/h2-7,14,18,21H,8-13,15H2,1H3,(H,28,31). The number of piperidine rings is 1. The largest absolute Gasteiger partial charge is 0.352 e. The first-order valence-electron chi connectivity index (χ1n) is 11.2. The van der Waals surface area contributed by atoms with Gasteiger partial charge in [-0.25, -0.2) is 4.39 Å². The van der Waals surface area contributed by atoms with Crippen LogP contribution in [0.3, 0.4) is 0 Å². The van der Waals surface area contributed by atoms with E-state index in [0.29, 0.717) is 55.0 Å². The Bertz CT molecular complexity index is 1050. The summed E-state index contributed by atoms with van der Waals surface area (Å²) in [6.45, 7) is 3.35. The van der Waals surface area contributed by atoms with Gasteiger partial charge in [0.1, 0.15) is 11.7 Å². The fourth-order valence-electron chi connectivity index (χ4n) is 4.45. The van der Waals surface area contributed by atoms with E-state index in [-0.39, 0.29) is 36.0 Å². The molecule has 0 bridgehead atoms. The summed E-state index contributed by atoms with van der Waals surface area (Å²) in [5.41, 5.74) is 2.02. The summed E-state index contributed by atoms with van der Waals surface area (Å²) in [5, 5.41) is 3.46. The molecule has 2 aromatic carbocycles. The van der Waals surface area contributed by atoms with Crippen LogP contribution in [0.4, 0.5) is 10.1 Å². The van der Waals surface area contributed by atoms with Crippen LogP contribution in [0.15, 0.2) is 42.5 Å². The van der Waals surface area contributed by atoms with Crippen molar-refractivity contribution >= 4 is 35.0 Å². The molecule has 1 atom stereocenters. The van der Waals surface area contributed by atoms with Crippen LogP contribution in [0.25, 0.3) is 0 Å². The van der Waals surface area contributed by atoms with Crippen LogP contribution < -0.4 is 10.2 Å². The topological polar surface area (TPSA) is 69.7 Å². The highest BCUT2D eigenvalue weighted by atomic mass is 35.5. The van der Waals surface area contributed by atoms with Gasteiger partial charge in [0.05, 0.1) is 0 Å². The molecule has 2 saturated heterocycles. The van der Waals surface area contributed by atoms with Crippen molar-refractivity contribution in [1.82, 2.24) is 10.2 Å². The number of nitrogens with one attached hydrogen (secondary N) is 1. The molecular formula is C25H27ClFN3O3.